The molecule has 4 N–H and O–H groups in total. The molecule has 0 atom stereocenters. The quantitative estimate of drug-likeness (QED) is 0.285. The lowest BCUT2D eigenvalue weighted by atomic mass is 9.71. The molecule has 5 nitrogen and oxygen atoms in total. The fourth-order valence-electron chi connectivity index (χ4n) is 3.93. The highest BCUT2D eigenvalue weighted by Crippen LogP contribution is 2.37. The zero-order valence-electron chi connectivity index (χ0n) is 15.3. The van der Waals surface area contributed by atoms with Crippen LogP contribution in [-0.4, -0.2) is 27.7 Å². The highest BCUT2D eigenvalue weighted by atomic mass is 16.5. The summed E-state index contributed by atoms with van der Waals surface area (Å²) in [4.78, 5) is 12.7. The minimum absolute atomic E-state index is 0.0516. The second kappa shape index (κ2) is 6.29. The van der Waals surface area contributed by atoms with Crippen molar-refractivity contribution in [2.45, 2.75) is 0 Å². The number of rotatable bonds is 3. The number of benzene rings is 5. The number of hydrogen-bond donors (Lipinski definition) is 4. The molecule has 1 amide bonds. The fourth-order valence-corrected chi connectivity index (χ4v) is 3.93. The molecule has 0 radical (unpaired) electrons. The molecule has 0 heterocycles. The molecular weight excluding hydrogens is 365 g/mol. The van der Waals surface area contributed by atoms with Gasteiger partial charge in [0.25, 0.3) is 5.91 Å². The lowest BCUT2D eigenvalue weighted by Crippen LogP contribution is -2.48. The van der Waals surface area contributed by atoms with Crippen molar-refractivity contribution in [2.24, 2.45) is 0 Å². The Balaban J connectivity index is 1.57. The van der Waals surface area contributed by atoms with Crippen LogP contribution in [0.25, 0.3) is 32.3 Å². The zero-order valence-corrected chi connectivity index (χ0v) is 15.3. The van der Waals surface area contributed by atoms with Gasteiger partial charge in [-0.05, 0) is 33.0 Å². The largest absolute Gasteiger partial charge is 0.556 e. The van der Waals surface area contributed by atoms with Gasteiger partial charge in [-0.15, -0.1) is 5.46 Å². The van der Waals surface area contributed by atoms with Crippen molar-refractivity contribution in [1.29, 1.82) is 0 Å². The Morgan fingerprint density at radius 1 is 0.690 bits per heavy atom. The van der Waals surface area contributed by atoms with E-state index >= 15 is 0 Å². The van der Waals surface area contributed by atoms with Gasteiger partial charge in [0.15, 0.2) is 0 Å². The summed E-state index contributed by atoms with van der Waals surface area (Å²) in [5.41, 5.74) is 0.999. The topological polar surface area (TPSA) is 89.8 Å². The first-order chi connectivity index (χ1) is 13.9. The molecule has 0 aliphatic rings. The third-order valence-corrected chi connectivity index (χ3v) is 5.40. The van der Waals surface area contributed by atoms with Crippen LogP contribution in [0.5, 0.6) is 0 Å². The van der Waals surface area contributed by atoms with Gasteiger partial charge < -0.3 is 20.4 Å². The molecule has 0 saturated carbocycles. The number of hydrogen-bond acceptors (Lipinski definition) is 4. The number of amides is 1. The molecule has 6 heteroatoms. The summed E-state index contributed by atoms with van der Waals surface area (Å²) < 4.78 is 0. The van der Waals surface area contributed by atoms with Gasteiger partial charge in [-0.3, -0.25) is 4.79 Å². The van der Waals surface area contributed by atoms with Gasteiger partial charge in [0.2, 0.25) is 0 Å². The molecule has 0 bridgehead atoms. The van der Waals surface area contributed by atoms with Crippen LogP contribution >= 0.6 is 0 Å². The van der Waals surface area contributed by atoms with E-state index in [2.05, 4.69) is 35.6 Å². The summed E-state index contributed by atoms with van der Waals surface area (Å²) >= 11 is 0. The summed E-state index contributed by atoms with van der Waals surface area (Å²) in [6, 6.07) is 23.9. The molecule has 0 saturated heterocycles. The minimum Gasteiger partial charge on any atom is -0.556 e. The Kier molecular flexibility index (Phi) is 3.82. The molecular formula is C23H17BNO4-. The van der Waals surface area contributed by atoms with Crippen molar-refractivity contribution in [3.05, 3.63) is 84.4 Å². The fraction of sp³-hybridized carbons (Fsp3) is 0. The Morgan fingerprint density at radius 2 is 1.28 bits per heavy atom. The van der Waals surface area contributed by atoms with Crippen molar-refractivity contribution in [1.82, 2.24) is 0 Å². The molecule has 0 aliphatic carbocycles. The van der Waals surface area contributed by atoms with Gasteiger partial charge >= 0.3 is 6.75 Å². The Morgan fingerprint density at radius 3 is 1.93 bits per heavy atom. The second-order valence-corrected chi connectivity index (χ2v) is 7.28. The van der Waals surface area contributed by atoms with Gasteiger partial charge in [0.05, 0.1) is 0 Å². The predicted octanol–water partition coefficient (Wildman–Crippen LogP) is 2.96. The van der Waals surface area contributed by atoms with Crippen molar-refractivity contribution in [3.63, 3.8) is 0 Å². The molecule has 5 aromatic rings. The highest BCUT2D eigenvalue weighted by Gasteiger charge is 2.18. The Bertz CT molecular complexity index is 1360. The van der Waals surface area contributed by atoms with Gasteiger partial charge in [-0.1, -0.05) is 72.8 Å². The van der Waals surface area contributed by atoms with E-state index < -0.39 is 6.75 Å². The maximum Gasteiger partial charge on any atom is 0.402 e. The number of carbonyl (C=O) groups is 1. The van der Waals surface area contributed by atoms with Crippen LogP contribution in [0.1, 0.15) is 10.4 Å². The van der Waals surface area contributed by atoms with Crippen LogP contribution in [0.4, 0.5) is 5.69 Å². The summed E-state index contributed by atoms with van der Waals surface area (Å²) in [6.07, 6.45) is 0. The normalized spacial score (nSPS) is 12.1. The third kappa shape index (κ3) is 2.91. The van der Waals surface area contributed by atoms with Crippen LogP contribution in [0.2, 0.25) is 0 Å². The zero-order chi connectivity index (χ0) is 20.2. The molecule has 5 aromatic carbocycles. The molecule has 0 unspecified atom stereocenters. The first-order valence-corrected chi connectivity index (χ1v) is 9.31. The summed E-state index contributed by atoms with van der Waals surface area (Å²) in [6.45, 7) is -3.58. The standard InChI is InChI=1S/C23H17BNO4/c26-23(17-6-10-18(11-7-17)24(27,28)29)25-20-13-9-16-5-4-14-2-1-3-15-8-12-19(20)22(16)21(14)15/h1-13,27-29H,(H,25,26)/q-1. The Labute approximate surface area is 166 Å². The minimum atomic E-state index is -3.58. The molecule has 0 aromatic heterocycles. The summed E-state index contributed by atoms with van der Waals surface area (Å²) in [5, 5.41) is 37.5. The average molecular weight is 382 g/mol. The lowest BCUT2D eigenvalue weighted by Gasteiger charge is -2.21. The monoisotopic (exact) mass is 382 g/mol. The van der Waals surface area contributed by atoms with Crippen LogP contribution < -0.4 is 10.8 Å². The smallest absolute Gasteiger partial charge is 0.402 e. The average Bonchev–Trinajstić information content (AvgIpc) is 2.72. The summed E-state index contributed by atoms with van der Waals surface area (Å²) in [5.74, 6) is -0.321. The van der Waals surface area contributed by atoms with E-state index in [-0.39, 0.29) is 11.4 Å². The number of carbonyl (C=O) groups excluding carboxylic acids is 1. The first-order valence-electron chi connectivity index (χ1n) is 9.31. The van der Waals surface area contributed by atoms with Crippen LogP contribution in [-0.2, 0) is 0 Å². The van der Waals surface area contributed by atoms with Gasteiger partial charge in [0.1, 0.15) is 0 Å². The van der Waals surface area contributed by atoms with Crippen molar-refractivity contribution >= 4 is 56.1 Å². The van der Waals surface area contributed by atoms with Crippen molar-refractivity contribution in [3.8, 4) is 0 Å². The Hall–Kier alpha value is -3.45. The predicted molar refractivity (Wildman–Crippen MR) is 117 cm³/mol. The third-order valence-electron chi connectivity index (χ3n) is 5.40. The maximum atomic E-state index is 12.7. The van der Waals surface area contributed by atoms with E-state index in [1.165, 1.54) is 29.7 Å². The molecule has 29 heavy (non-hydrogen) atoms. The molecule has 0 fully saturated rings. The first kappa shape index (κ1) is 17.6. The van der Waals surface area contributed by atoms with Crippen LogP contribution in [0, 0.1) is 0 Å². The van der Waals surface area contributed by atoms with E-state index in [0.29, 0.717) is 11.3 Å². The van der Waals surface area contributed by atoms with E-state index in [9.17, 15) is 19.9 Å². The van der Waals surface area contributed by atoms with Gasteiger partial charge in [-0.2, -0.15) is 0 Å². The summed E-state index contributed by atoms with van der Waals surface area (Å²) in [7, 11) is 0. The lowest BCUT2D eigenvalue weighted by molar-refractivity contribution is 0.102. The molecule has 142 valence electrons. The van der Waals surface area contributed by atoms with E-state index in [0.717, 1.165) is 26.9 Å². The van der Waals surface area contributed by atoms with E-state index in [1.54, 1.807) is 0 Å². The van der Waals surface area contributed by atoms with Crippen LogP contribution in [0.15, 0.2) is 78.9 Å². The van der Waals surface area contributed by atoms with Gasteiger partial charge in [-0.25, -0.2) is 0 Å². The molecule has 0 aliphatic heterocycles. The second-order valence-electron chi connectivity index (χ2n) is 7.28. The maximum absolute atomic E-state index is 12.7. The molecule has 5 rings (SSSR count). The van der Waals surface area contributed by atoms with Gasteiger partial charge in [0, 0.05) is 16.6 Å². The van der Waals surface area contributed by atoms with E-state index in [4.69, 9.17) is 0 Å². The van der Waals surface area contributed by atoms with Crippen LogP contribution in [0.3, 0.4) is 0 Å². The molecule has 0 spiro atoms. The SMILES string of the molecule is O=C(Nc1ccc2ccc3cccc4ccc1c2c34)c1ccc([B-](O)(O)O)cc1. The van der Waals surface area contributed by atoms with E-state index in [1.807, 2.05) is 24.3 Å². The number of nitrogens with one attached hydrogen (secondary N) is 1. The van der Waals surface area contributed by atoms with Crippen molar-refractivity contribution in [2.75, 3.05) is 5.32 Å². The number of anilines is 1. The van der Waals surface area contributed by atoms with Crippen molar-refractivity contribution < 1.29 is 19.9 Å². The highest BCUT2D eigenvalue weighted by molar-refractivity contribution is 6.71.